The Morgan fingerprint density at radius 3 is 2.85 bits per heavy atom. The number of ether oxygens (including phenoxy) is 1. The zero-order valence-corrected chi connectivity index (χ0v) is 13.0. The summed E-state index contributed by atoms with van der Waals surface area (Å²) in [7, 11) is 0. The molecule has 0 amide bonds. The van der Waals surface area contributed by atoms with Gasteiger partial charge in [0.25, 0.3) is 0 Å². The first-order valence-corrected chi connectivity index (χ1v) is 7.78. The number of benzene rings is 1. The summed E-state index contributed by atoms with van der Waals surface area (Å²) in [5.74, 6) is 1.61. The van der Waals surface area contributed by atoms with E-state index in [0.29, 0.717) is 12.0 Å². The molecule has 112 valence electrons. The largest absolute Gasteiger partial charge is 0.491 e. The van der Waals surface area contributed by atoms with Crippen LogP contribution in [0.15, 0.2) is 24.3 Å². The highest BCUT2D eigenvalue weighted by molar-refractivity contribution is 5.28. The predicted octanol–water partition coefficient (Wildman–Crippen LogP) is 3.03. The Bertz CT molecular complexity index is 417. The fraction of sp³-hybridized carbons (Fsp3) is 0.647. The van der Waals surface area contributed by atoms with E-state index in [2.05, 4.69) is 43.9 Å². The summed E-state index contributed by atoms with van der Waals surface area (Å²) in [6.45, 7) is 9.55. The van der Waals surface area contributed by atoms with Crippen molar-refractivity contribution >= 4 is 0 Å². The number of likely N-dealkylation sites (tertiary alicyclic amines) is 1. The second-order valence-electron chi connectivity index (χ2n) is 6.31. The number of nitrogens with zero attached hydrogens (tertiary/aromatic N) is 1. The molecule has 3 nitrogen and oxygen atoms in total. The molecule has 2 rings (SSSR count). The predicted molar refractivity (Wildman–Crippen MR) is 83.9 cm³/mol. The molecule has 2 unspecified atom stereocenters. The highest BCUT2D eigenvalue weighted by Crippen LogP contribution is 2.22. The summed E-state index contributed by atoms with van der Waals surface area (Å²) >= 11 is 0. The molecule has 1 aliphatic heterocycles. The van der Waals surface area contributed by atoms with Crippen molar-refractivity contribution in [2.75, 3.05) is 13.1 Å². The fourth-order valence-electron chi connectivity index (χ4n) is 2.91. The normalized spacial score (nSPS) is 21.9. The van der Waals surface area contributed by atoms with E-state index in [1.54, 1.807) is 0 Å². The van der Waals surface area contributed by atoms with Crippen LogP contribution in [0.1, 0.15) is 39.2 Å². The van der Waals surface area contributed by atoms with Crippen LogP contribution >= 0.6 is 0 Å². The van der Waals surface area contributed by atoms with Crippen LogP contribution in [0, 0.1) is 5.92 Å². The van der Waals surface area contributed by atoms with Crippen LogP contribution in [-0.2, 0) is 6.54 Å². The van der Waals surface area contributed by atoms with Crippen LogP contribution in [0.5, 0.6) is 5.75 Å². The maximum Gasteiger partial charge on any atom is 0.120 e. The SMILES string of the molecule is CC(C)Oc1cccc(CN2CCCC(C(C)N)C2)c1. The van der Waals surface area contributed by atoms with E-state index in [1.807, 2.05) is 6.07 Å². The third-order valence-corrected chi connectivity index (χ3v) is 3.96. The summed E-state index contributed by atoms with van der Waals surface area (Å²) in [4.78, 5) is 2.52. The van der Waals surface area contributed by atoms with E-state index >= 15 is 0 Å². The molecular weight excluding hydrogens is 248 g/mol. The molecule has 2 atom stereocenters. The van der Waals surface area contributed by atoms with Gasteiger partial charge >= 0.3 is 0 Å². The smallest absolute Gasteiger partial charge is 0.120 e. The van der Waals surface area contributed by atoms with Crippen molar-refractivity contribution in [3.63, 3.8) is 0 Å². The molecule has 1 aromatic carbocycles. The van der Waals surface area contributed by atoms with Gasteiger partial charge in [0.05, 0.1) is 6.10 Å². The van der Waals surface area contributed by atoms with Gasteiger partial charge in [-0.2, -0.15) is 0 Å². The summed E-state index contributed by atoms with van der Waals surface area (Å²) in [6.07, 6.45) is 2.75. The van der Waals surface area contributed by atoms with E-state index < -0.39 is 0 Å². The third kappa shape index (κ3) is 4.50. The second-order valence-corrected chi connectivity index (χ2v) is 6.31. The number of rotatable bonds is 5. The van der Waals surface area contributed by atoms with Crippen LogP contribution < -0.4 is 10.5 Å². The lowest BCUT2D eigenvalue weighted by molar-refractivity contribution is 0.154. The van der Waals surface area contributed by atoms with Crippen molar-refractivity contribution in [3.05, 3.63) is 29.8 Å². The van der Waals surface area contributed by atoms with Crippen LogP contribution in [0.2, 0.25) is 0 Å². The van der Waals surface area contributed by atoms with Crippen molar-refractivity contribution in [3.8, 4) is 5.75 Å². The van der Waals surface area contributed by atoms with Crippen LogP contribution in [0.3, 0.4) is 0 Å². The molecule has 20 heavy (non-hydrogen) atoms. The molecule has 0 spiro atoms. The van der Waals surface area contributed by atoms with Gasteiger partial charge in [0.1, 0.15) is 5.75 Å². The number of hydrogen-bond donors (Lipinski definition) is 1. The minimum Gasteiger partial charge on any atom is -0.491 e. The van der Waals surface area contributed by atoms with E-state index in [-0.39, 0.29) is 6.10 Å². The molecule has 1 fully saturated rings. The molecule has 1 aliphatic rings. The molecule has 3 heteroatoms. The Morgan fingerprint density at radius 2 is 2.15 bits per heavy atom. The lowest BCUT2D eigenvalue weighted by Gasteiger charge is -2.34. The average molecular weight is 276 g/mol. The van der Waals surface area contributed by atoms with Gasteiger partial charge in [-0.15, -0.1) is 0 Å². The Kier molecular flexibility index (Phi) is 5.44. The average Bonchev–Trinajstić information content (AvgIpc) is 2.38. The maximum absolute atomic E-state index is 6.06. The van der Waals surface area contributed by atoms with Crippen molar-refractivity contribution in [2.24, 2.45) is 11.7 Å². The standard InChI is InChI=1S/C17H28N2O/c1-13(2)20-17-8-4-6-15(10-17)11-19-9-5-7-16(12-19)14(3)18/h4,6,8,10,13-14,16H,5,7,9,11-12,18H2,1-3H3. The van der Waals surface area contributed by atoms with Gasteiger partial charge in [-0.3, -0.25) is 4.90 Å². The zero-order valence-electron chi connectivity index (χ0n) is 13.0. The summed E-state index contributed by atoms with van der Waals surface area (Å²) < 4.78 is 5.76. The van der Waals surface area contributed by atoms with Crippen LogP contribution in [-0.4, -0.2) is 30.1 Å². The Morgan fingerprint density at radius 1 is 1.35 bits per heavy atom. The molecule has 0 saturated carbocycles. The Balaban J connectivity index is 1.95. The summed E-state index contributed by atoms with van der Waals surface area (Å²) in [5, 5.41) is 0. The first kappa shape index (κ1) is 15.3. The van der Waals surface area contributed by atoms with E-state index in [4.69, 9.17) is 10.5 Å². The number of nitrogens with two attached hydrogens (primary N) is 1. The van der Waals surface area contributed by atoms with E-state index in [0.717, 1.165) is 18.8 Å². The van der Waals surface area contributed by atoms with Crippen LogP contribution in [0.25, 0.3) is 0 Å². The molecule has 0 radical (unpaired) electrons. The first-order chi connectivity index (χ1) is 9.54. The minimum atomic E-state index is 0.225. The van der Waals surface area contributed by atoms with Gasteiger partial charge < -0.3 is 10.5 Å². The molecule has 0 aromatic heterocycles. The van der Waals surface area contributed by atoms with Crippen molar-refractivity contribution in [1.82, 2.24) is 4.90 Å². The first-order valence-electron chi connectivity index (χ1n) is 7.78. The highest BCUT2D eigenvalue weighted by Gasteiger charge is 2.22. The minimum absolute atomic E-state index is 0.225. The van der Waals surface area contributed by atoms with Crippen molar-refractivity contribution in [2.45, 2.75) is 52.3 Å². The Labute approximate surface area is 123 Å². The van der Waals surface area contributed by atoms with Gasteiger partial charge in [0.2, 0.25) is 0 Å². The number of hydrogen-bond acceptors (Lipinski definition) is 3. The Hall–Kier alpha value is -1.06. The van der Waals surface area contributed by atoms with E-state index in [1.165, 1.54) is 24.9 Å². The van der Waals surface area contributed by atoms with Gasteiger partial charge in [0, 0.05) is 19.1 Å². The summed E-state index contributed by atoms with van der Waals surface area (Å²) in [5.41, 5.74) is 7.38. The van der Waals surface area contributed by atoms with E-state index in [9.17, 15) is 0 Å². The zero-order chi connectivity index (χ0) is 14.5. The van der Waals surface area contributed by atoms with Crippen molar-refractivity contribution < 1.29 is 4.74 Å². The van der Waals surface area contributed by atoms with Crippen LogP contribution in [0.4, 0.5) is 0 Å². The van der Waals surface area contributed by atoms with Gasteiger partial charge in [0.15, 0.2) is 0 Å². The van der Waals surface area contributed by atoms with Gasteiger partial charge in [-0.1, -0.05) is 12.1 Å². The fourth-order valence-corrected chi connectivity index (χ4v) is 2.91. The molecule has 1 aromatic rings. The molecular formula is C17H28N2O. The topological polar surface area (TPSA) is 38.5 Å². The highest BCUT2D eigenvalue weighted by atomic mass is 16.5. The third-order valence-electron chi connectivity index (χ3n) is 3.96. The van der Waals surface area contributed by atoms with Gasteiger partial charge in [-0.25, -0.2) is 0 Å². The lowest BCUT2D eigenvalue weighted by atomic mass is 9.92. The maximum atomic E-state index is 6.06. The monoisotopic (exact) mass is 276 g/mol. The molecule has 1 heterocycles. The molecule has 1 saturated heterocycles. The molecule has 0 bridgehead atoms. The molecule has 2 N–H and O–H groups in total. The lowest BCUT2D eigenvalue weighted by Crippen LogP contribution is -2.41. The van der Waals surface area contributed by atoms with Crippen molar-refractivity contribution in [1.29, 1.82) is 0 Å². The molecule has 0 aliphatic carbocycles. The quantitative estimate of drug-likeness (QED) is 0.898. The summed E-state index contributed by atoms with van der Waals surface area (Å²) in [6, 6.07) is 8.76. The van der Waals surface area contributed by atoms with Gasteiger partial charge in [-0.05, 0) is 63.8 Å². The second kappa shape index (κ2) is 7.09. The number of piperidine rings is 1.